The molecule has 1 rings (SSSR count). The predicted molar refractivity (Wildman–Crippen MR) is 35.3 cm³/mol. The molecule has 0 atom stereocenters. The van der Waals surface area contributed by atoms with Crippen molar-refractivity contribution >= 4 is 17.8 Å². The van der Waals surface area contributed by atoms with E-state index < -0.39 is 4.92 Å². The van der Waals surface area contributed by atoms with E-state index in [9.17, 15) is 10.1 Å². The Labute approximate surface area is 60.1 Å². The zero-order valence-electron chi connectivity index (χ0n) is 4.77. The number of imidazole rings is 1. The first-order chi connectivity index (χ1) is 4.75. The summed E-state index contributed by atoms with van der Waals surface area (Å²) in [7, 11) is 0. The summed E-state index contributed by atoms with van der Waals surface area (Å²) >= 11 is 0.746. The standard InChI is InChI=1S/C3H4N4O2S/c4-10-3-2(7(8)9)5-1-6-3/h1H,4H2,(H,5,6). The van der Waals surface area contributed by atoms with Gasteiger partial charge in [0, 0.05) is 0 Å². The van der Waals surface area contributed by atoms with Gasteiger partial charge in [-0.1, -0.05) is 0 Å². The van der Waals surface area contributed by atoms with Crippen LogP contribution in [0.5, 0.6) is 0 Å². The first kappa shape index (κ1) is 7.03. The van der Waals surface area contributed by atoms with Gasteiger partial charge in [-0.05, 0) is 16.9 Å². The lowest BCUT2D eigenvalue weighted by Crippen LogP contribution is -1.91. The van der Waals surface area contributed by atoms with E-state index in [1.165, 1.54) is 6.33 Å². The summed E-state index contributed by atoms with van der Waals surface area (Å²) in [5.74, 6) is -0.160. The van der Waals surface area contributed by atoms with Crippen molar-refractivity contribution in [2.24, 2.45) is 5.14 Å². The minimum absolute atomic E-state index is 0.160. The molecule has 0 aliphatic carbocycles. The van der Waals surface area contributed by atoms with Crippen LogP contribution in [0.25, 0.3) is 0 Å². The molecule has 3 N–H and O–H groups in total. The van der Waals surface area contributed by atoms with Crippen molar-refractivity contribution in [2.75, 3.05) is 0 Å². The highest BCUT2D eigenvalue weighted by atomic mass is 32.2. The van der Waals surface area contributed by atoms with Gasteiger partial charge >= 0.3 is 5.82 Å². The topological polar surface area (TPSA) is 97.8 Å². The smallest absolute Gasteiger partial charge is 0.355 e. The van der Waals surface area contributed by atoms with Crippen LogP contribution < -0.4 is 5.14 Å². The van der Waals surface area contributed by atoms with Crippen LogP contribution in [0.15, 0.2) is 11.4 Å². The molecule has 1 heterocycles. The molecule has 0 spiro atoms. The summed E-state index contributed by atoms with van der Waals surface area (Å²) in [6.45, 7) is 0. The van der Waals surface area contributed by atoms with Gasteiger partial charge in [-0.2, -0.15) is 4.98 Å². The van der Waals surface area contributed by atoms with Gasteiger partial charge in [0.1, 0.15) is 0 Å². The Bertz CT molecular complexity index is 246. The highest BCUT2D eigenvalue weighted by Gasteiger charge is 2.13. The molecule has 10 heavy (non-hydrogen) atoms. The molecule has 0 fully saturated rings. The number of aromatic amines is 1. The number of nitrogens with two attached hydrogens (primary N) is 1. The number of hydrogen-bond donors (Lipinski definition) is 2. The van der Waals surface area contributed by atoms with Gasteiger partial charge in [0.25, 0.3) is 0 Å². The van der Waals surface area contributed by atoms with Crippen molar-refractivity contribution in [2.45, 2.75) is 5.03 Å². The Morgan fingerprint density at radius 1 is 1.90 bits per heavy atom. The molecule has 0 unspecified atom stereocenters. The van der Waals surface area contributed by atoms with Gasteiger partial charge in [0.05, 0.1) is 0 Å². The second-order valence-electron chi connectivity index (χ2n) is 1.43. The Balaban J connectivity index is 3.01. The summed E-state index contributed by atoms with van der Waals surface area (Å²) in [6.07, 6.45) is 1.23. The van der Waals surface area contributed by atoms with Crippen LogP contribution in [0.1, 0.15) is 0 Å². The first-order valence-electron chi connectivity index (χ1n) is 2.30. The minimum Gasteiger partial charge on any atom is -0.358 e. The fourth-order valence-electron chi connectivity index (χ4n) is 0.492. The van der Waals surface area contributed by atoms with E-state index in [1.54, 1.807) is 0 Å². The minimum atomic E-state index is -0.567. The SMILES string of the molecule is NSc1nc[nH]c1[N+](=O)[O-]. The number of aromatic nitrogens is 2. The molecule has 0 aromatic carbocycles. The van der Waals surface area contributed by atoms with Gasteiger partial charge in [-0.3, -0.25) is 5.14 Å². The predicted octanol–water partition coefficient (Wildman–Crippen LogP) is 0.284. The molecule has 0 saturated heterocycles. The lowest BCUT2D eigenvalue weighted by atomic mass is 10.8. The second-order valence-corrected chi connectivity index (χ2v) is 2.05. The van der Waals surface area contributed by atoms with E-state index in [2.05, 4.69) is 9.97 Å². The first-order valence-corrected chi connectivity index (χ1v) is 3.18. The van der Waals surface area contributed by atoms with Crippen LogP contribution in [0.2, 0.25) is 0 Å². The van der Waals surface area contributed by atoms with Crippen LogP contribution in [-0.2, 0) is 0 Å². The maximum absolute atomic E-state index is 10.1. The normalized spacial score (nSPS) is 9.70. The number of H-pyrrole nitrogens is 1. The maximum atomic E-state index is 10.1. The van der Waals surface area contributed by atoms with Crippen molar-refractivity contribution in [1.82, 2.24) is 9.97 Å². The number of nitrogens with zero attached hydrogens (tertiary/aromatic N) is 2. The van der Waals surface area contributed by atoms with Crippen LogP contribution in [-0.4, -0.2) is 14.9 Å². The summed E-state index contributed by atoms with van der Waals surface area (Å²) in [5.41, 5.74) is 0. The molecular weight excluding hydrogens is 156 g/mol. The summed E-state index contributed by atoms with van der Waals surface area (Å²) in [4.78, 5) is 15.5. The molecule has 0 bridgehead atoms. The van der Waals surface area contributed by atoms with Crippen LogP contribution in [0, 0.1) is 10.1 Å². The van der Waals surface area contributed by atoms with Crippen molar-refractivity contribution in [3.05, 3.63) is 16.4 Å². The summed E-state index contributed by atoms with van der Waals surface area (Å²) in [6, 6.07) is 0. The van der Waals surface area contributed by atoms with Gasteiger partial charge in [0.2, 0.25) is 5.03 Å². The third-order valence-electron chi connectivity index (χ3n) is 0.880. The zero-order chi connectivity index (χ0) is 7.56. The molecule has 54 valence electrons. The molecular formula is C3H4N4O2S. The van der Waals surface area contributed by atoms with Gasteiger partial charge < -0.3 is 10.1 Å². The molecule has 0 radical (unpaired) electrons. The van der Waals surface area contributed by atoms with Crippen molar-refractivity contribution < 1.29 is 4.92 Å². The van der Waals surface area contributed by atoms with E-state index in [1.807, 2.05) is 0 Å². The van der Waals surface area contributed by atoms with E-state index in [4.69, 9.17) is 5.14 Å². The zero-order valence-corrected chi connectivity index (χ0v) is 5.59. The molecule has 0 amide bonds. The fraction of sp³-hybridized carbons (Fsp3) is 0. The average molecular weight is 160 g/mol. The third kappa shape index (κ3) is 1.09. The Kier molecular flexibility index (Phi) is 1.88. The summed E-state index contributed by atoms with van der Waals surface area (Å²) in [5, 5.41) is 15.4. The molecule has 0 aliphatic rings. The fourth-order valence-corrected chi connectivity index (χ4v) is 0.851. The highest BCUT2D eigenvalue weighted by Crippen LogP contribution is 2.19. The van der Waals surface area contributed by atoms with E-state index in [0.29, 0.717) is 0 Å². The lowest BCUT2D eigenvalue weighted by molar-refractivity contribution is -0.392. The van der Waals surface area contributed by atoms with Crippen molar-refractivity contribution in [3.8, 4) is 0 Å². The van der Waals surface area contributed by atoms with E-state index in [-0.39, 0.29) is 10.8 Å². The molecule has 0 aliphatic heterocycles. The van der Waals surface area contributed by atoms with Crippen LogP contribution in [0.3, 0.4) is 0 Å². The molecule has 6 nitrogen and oxygen atoms in total. The van der Waals surface area contributed by atoms with Crippen LogP contribution in [0.4, 0.5) is 5.82 Å². The van der Waals surface area contributed by atoms with Crippen molar-refractivity contribution in [1.29, 1.82) is 0 Å². The Morgan fingerprint density at radius 3 is 3.00 bits per heavy atom. The number of nitrogens with one attached hydrogen (secondary N) is 1. The maximum Gasteiger partial charge on any atom is 0.355 e. The Morgan fingerprint density at radius 2 is 2.60 bits per heavy atom. The molecule has 1 aromatic rings. The number of rotatable bonds is 2. The molecule has 1 aromatic heterocycles. The van der Waals surface area contributed by atoms with Crippen LogP contribution >= 0.6 is 11.9 Å². The number of hydrogen-bond acceptors (Lipinski definition) is 5. The number of nitro groups is 1. The third-order valence-corrected chi connectivity index (χ3v) is 1.40. The largest absolute Gasteiger partial charge is 0.358 e. The summed E-state index contributed by atoms with van der Waals surface area (Å²) < 4.78 is 0. The average Bonchev–Trinajstić information content (AvgIpc) is 2.33. The second kappa shape index (κ2) is 2.67. The lowest BCUT2D eigenvalue weighted by Gasteiger charge is -1.89. The van der Waals surface area contributed by atoms with E-state index >= 15 is 0 Å². The van der Waals surface area contributed by atoms with Gasteiger partial charge in [0.15, 0.2) is 6.33 Å². The van der Waals surface area contributed by atoms with Crippen molar-refractivity contribution in [3.63, 3.8) is 0 Å². The van der Waals surface area contributed by atoms with Gasteiger partial charge in [-0.25, -0.2) is 4.98 Å². The quantitative estimate of drug-likeness (QED) is 0.368. The molecule has 0 saturated carbocycles. The Hall–Kier alpha value is -1.08. The van der Waals surface area contributed by atoms with E-state index in [0.717, 1.165) is 11.9 Å². The molecule has 7 heteroatoms. The van der Waals surface area contributed by atoms with Gasteiger partial charge in [-0.15, -0.1) is 0 Å². The monoisotopic (exact) mass is 160 g/mol. The highest BCUT2D eigenvalue weighted by molar-refractivity contribution is 7.97.